The number of furan rings is 1. The van der Waals surface area contributed by atoms with Crippen LogP contribution in [0.15, 0.2) is 70.4 Å². The van der Waals surface area contributed by atoms with Crippen LogP contribution in [0.5, 0.6) is 5.75 Å². The first-order valence-corrected chi connectivity index (χ1v) is 6.26. The van der Waals surface area contributed by atoms with Gasteiger partial charge in [0.15, 0.2) is 0 Å². The highest BCUT2D eigenvalue weighted by Gasteiger charge is 2.02. The standard InChI is InChI=1S/C16H14N2O2/c1-19-15-8-6-13(7-9-15)18-10-2-4-14(18)12-17-16-5-3-11-20-16/h2-12H,1H3. The predicted molar refractivity (Wildman–Crippen MR) is 78.3 cm³/mol. The molecule has 0 fully saturated rings. The van der Waals surface area contributed by atoms with Crippen molar-refractivity contribution in [2.45, 2.75) is 0 Å². The molecule has 2 aromatic heterocycles. The van der Waals surface area contributed by atoms with Gasteiger partial charge in [-0.25, -0.2) is 4.99 Å². The van der Waals surface area contributed by atoms with E-state index in [0.29, 0.717) is 5.88 Å². The fourth-order valence-electron chi connectivity index (χ4n) is 1.95. The lowest BCUT2D eigenvalue weighted by Gasteiger charge is -2.07. The molecule has 0 aliphatic rings. The van der Waals surface area contributed by atoms with E-state index in [2.05, 4.69) is 4.99 Å². The molecule has 0 saturated carbocycles. The van der Waals surface area contributed by atoms with Crippen LogP contribution in [-0.2, 0) is 0 Å². The van der Waals surface area contributed by atoms with Crippen LogP contribution >= 0.6 is 0 Å². The van der Waals surface area contributed by atoms with Gasteiger partial charge in [0.1, 0.15) is 5.75 Å². The van der Waals surface area contributed by atoms with E-state index in [0.717, 1.165) is 17.1 Å². The van der Waals surface area contributed by atoms with Crippen LogP contribution in [0.2, 0.25) is 0 Å². The molecule has 3 rings (SSSR count). The van der Waals surface area contributed by atoms with Gasteiger partial charge < -0.3 is 13.7 Å². The summed E-state index contributed by atoms with van der Waals surface area (Å²) in [6, 6.07) is 15.5. The number of rotatable bonds is 4. The number of methoxy groups -OCH3 is 1. The molecule has 2 heterocycles. The van der Waals surface area contributed by atoms with Gasteiger partial charge in [-0.3, -0.25) is 0 Å². The quantitative estimate of drug-likeness (QED) is 0.673. The molecule has 0 saturated heterocycles. The van der Waals surface area contributed by atoms with Crippen molar-refractivity contribution in [3.8, 4) is 11.4 Å². The fourth-order valence-corrected chi connectivity index (χ4v) is 1.95. The third kappa shape index (κ3) is 2.49. The zero-order valence-electron chi connectivity index (χ0n) is 11.1. The highest BCUT2D eigenvalue weighted by Crippen LogP contribution is 2.17. The van der Waals surface area contributed by atoms with E-state index in [4.69, 9.17) is 9.15 Å². The minimum Gasteiger partial charge on any atom is -0.497 e. The minimum atomic E-state index is 0.590. The molecule has 0 unspecified atom stereocenters. The summed E-state index contributed by atoms with van der Waals surface area (Å²) >= 11 is 0. The minimum absolute atomic E-state index is 0.590. The maximum atomic E-state index is 5.18. The lowest BCUT2D eigenvalue weighted by Crippen LogP contribution is -1.97. The molecule has 0 aliphatic carbocycles. The molecule has 4 nitrogen and oxygen atoms in total. The van der Waals surface area contributed by atoms with Gasteiger partial charge in [0.25, 0.3) is 0 Å². The van der Waals surface area contributed by atoms with Crippen molar-refractivity contribution in [3.63, 3.8) is 0 Å². The van der Waals surface area contributed by atoms with Crippen LogP contribution in [0.25, 0.3) is 5.69 Å². The van der Waals surface area contributed by atoms with Gasteiger partial charge in [-0.1, -0.05) is 0 Å². The average Bonchev–Trinajstić information content (AvgIpc) is 3.16. The molecule has 0 bridgehead atoms. The van der Waals surface area contributed by atoms with Gasteiger partial charge >= 0.3 is 0 Å². The number of ether oxygens (including phenoxy) is 1. The third-order valence-electron chi connectivity index (χ3n) is 2.96. The molecule has 0 aliphatic heterocycles. The molecule has 0 atom stereocenters. The monoisotopic (exact) mass is 266 g/mol. The van der Waals surface area contributed by atoms with Crippen LogP contribution in [0.1, 0.15) is 5.69 Å². The number of aliphatic imine (C=N–C) groups is 1. The van der Waals surface area contributed by atoms with Crippen LogP contribution in [0.4, 0.5) is 5.88 Å². The highest BCUT2D eigenvalue weighted by atomic mass is 16.5. The van der Waals surface area contributed by atoms with Gasteiger partial charge in [0, 0.05) is 18.0 Å². The zero-order chi connectivity index (χ0) is 13.8. The van der Waals surface area contributed by atoms with Crippen molar-refractivity contribution in [2.75, 3.05) is 7.11 Å². The molecule has 3 aromatic rings. The summed E-state index contributed by atoms with van der Waals surface area (Å²) in [6.07, 6.45) is 5.38. The van der Waals surface area contributed by atoms with Crippen molar-refractivity contribution in [2.24, 2.45) is 4.99 Å². The molecule has 0 amide bonds. The summed E-state index contributed by atoms with van der Waals surface area (Å²) in [5.41, 5.74) is 2.03. The molecular weight excluding hydrogens is 252 g/mol. The lowest BCUT2D eigenvalue weighted by molar-refractivity contribution is 0.415. The third-order valence-corrected chi connectivity index (χ3v) is 2.96. The number of nitrogens with zero attached hydrogens (tertiary/aromatic N) is 2. The summed E-state index contributed by atoms with van der Waals surface area (Å²) in [5.74, 6) is 1.43. The number of hydrogen-bond acceptors (Lipinski definition) is 3. The topological polar surface area (TPSA) is 39.7 Å². The van der Waals surface area contributed by atoms with Gasteiger partial charge in [-0.15, -0.1) is 0 Å². The maximum absolute atomic E-state index is 5.18. The Labute approximate surface area is 116 Å². The molecular formula is C16H14N2O2. The van der Waals surface area contributed by atoms with Crippen molar-refractivity contribution in [3.05, 3.63) is 66.7 Å². The maximum Gasteiger partial charge on any atom is 0.218 e. The number of hydrogen-bond donors (Lipinski definition) is 0. The van der Waals surface area contributed by atoms with Gasteiger partial charge in [0.2, 0.25) is 5.88 Å². The summed E-state index contributed by atoms with van der Waals surface area (Å²) in [7, 11) is 1.66. The first-order chi connectivity index (χ1) is 9.86. The van der Waals surface area contributed by atoms with Crippen LogP contribution in [0, 0.1) is 0 Å². The Morgan fingerprint density at radius 1 is 1.10 bits per heavy atom. The van der Waals surface area contributed by atoms with E-state index < -0.39 is 0 Å². The normalized spacial score (nSPS) is 11.1. The second-order valence-corrected chi connectivity index (χ2v) is 4.21. The molecule has 1 aromatic carbocycles. The Morgan fingerprint density at radius 2 is 1.95 bits per heavy atom. The van der Waals surface area contributed by atoms with E-state index in [1.54, 1.807) is 19.6 Å². The molecule has 0 spiro atoms. The molecule has 100 valence electrons. The van der Waals surface area contributed by atoms with Crippen molar-refractivity contribution in [1.29, 1.82) is 0 Å². The van der Waals surface area contributed by atoms with Crippen LogP contribution in [-0.4, -0.2) is 17.9 Å². The highest BCUT2D eigenvalue weighted by molar-refractivity contribution is 5.80. The van der Waals surface area contributed by atoms with E-state index in [1.807, 2.05) is 59.3 Å². The molecule has 20 heavy (non-hydrogen) atoms. The molecule has 0 N–H and O–H groups in total. The van der Waals surface area contributed by atoms with Crippen LogP contribution < -0.4 is 4.74 Å². The largest absolute Gasteiger partial charge is 0.497 e. The second kappa shape index (κ2) is 5.48. The first-order valence-electron chi connectivity index (χ1n) is 6.26. The smallest absolute Gasteiger partial charge is 0.218 e. The SMILES string of the molecule is COc1ccc(-n2cccc2C=Nc2ccco2)cc1. The number of aromatic nitrogens is 1. The predicted octanol–water partition coefficient (Wildman–Crippen LogP) is 3.83. The van der Waals surface area contributed by atoms with Crippen molar-refractivity contribution >= 4 is 12.1 Å². The Hall–Kier alpha value is -2.75. The Bertz CT molecular complexity index is 694. The summed E-state index contributed by atoms with van der Waals surface area (Å²) in [6.45, 7) is 0. The Kier molecular flexibility index (Phi) is 3.37. The van der Waals surface area contributed by atoms with E-state index in [9.17, 15) is 0 Å². The lowest BCUT2D eigenvalue weighted by atomic mass is 10.3. The first kappa shape index (κ1) is 12.3. The molecule has 4 heteroatoms. The Balaban J connectivity index is 1.89. The van der Waals surface area contributed by atoms with Crippen molar-refractivity contribution in [1.82, 2.24) is 4.57 Å². The number of benzene rings is 1. The fraction of sp³-hybridized carbons (Fsp3) is 0.0625. The molecule has 0 radical (unpaired) electrons. The van der Waals surface area contributed by atoms with E-state index in [1.165, 1.54) is 0 Å². The van der Waals surface area contributed by atoms with E-state index >= 15 is 0 Å². The van der Waals surface area contributed by atoms with Crippen molar-refractivity contribution < 1.29 is 9.15 Å². The van der Waals surface area contributed by atoms with Gasteiger partial charge in [-0.2, -0.15) is 0 Å². The summed E-state index contributed by atoms with van der Waals surface area (Å²) < 4.78 is 12.4. The van der Waals surface area contributed by atoms with Gasteiger partial charge in [0.05, 0.1) is 25.3 Å². The van der Waals surface area contributed by atoms with E-state index in [-0.39, 0.29) is 0 Å². The average molecular weight is 266 g/mol. The summed E-state index contributed by atoms with van der Waals surface area (Å²) in [4.78, 5) is 4.29. The Morgan fingerprint density at radius 3 is 2.65 bits per heavy atom. The zero-order valence-corrected chi connectivity index (χ0v) is 11.1. The second-order valence-electron chi connectivity index (χ2n) is 4.21. The van der Waals surface area contributed by atoms with Gasteiger partial charge in [-0.05, 0) is 42.5 Å². The summed E-state index contributed by atoms with van der Waals surface area (Å²) in [5, 5.41) is 0. The van der Waals surface area contributed by atoms with Crippen LogP contribution in [0.3, 0.4) is 0 Å².